The Morgan fingerprint density at radius 1 is 1.32 bits per heavy atom. The molecule has 0 saturated heterocycles. The molecule has 0 bridgehead atoms. The number of rotatable bonds is 7. The molecule has 1 rings (SSSR count). The van der Waals surface area contributed by atoms with Gasteiger partial charge < -0.3 is 10.4 Å². The third kappa shape index (κ3) is 3.77. The van der Waals surface area contributed by atoms with Gasteiger partial charge in [0, 0.05) is 5.54 Å². The summed E-state index contributed by atoms with van der Waals surface area (Å²) in [5.41, 5.74) is -0.367. The van der Waals surface area contributed by atoms with Crippen LogP contribution in [-0.2, 0) is 11.3 Å². The zero-order chi connectivity index (χ0) is 14.5. The van der Waals surface area contributed by atoms with E-state index in [1.54, 1.807) is 0 Å². The first kappa shape index (κ1) is 15.1. The molecule has 1 aromatic rings. The fraction of sp³-hybridized carbons (Fsp3) is 0.667. The molecule has 7 heteroatoms. The maximum Gasteiger partial charge on any atom is 0.358 e. The molecule has 0 radical (unpaired) electrons. The van der Waals surface area contributed by atoms with Crippen LogP contribution in [0.2, 0.25) is 0 Å². The number of carboxylic acid groups (broad SMARTS) is 1. The molecule has 0 aliphatic heterocycles. The molecule has 0 spiro atoms. The van der Waals surface area contributed by atoms with Gasteiger partial charge in [0.05, 0.1) is 6.20 Å². The summed E-state index contributed by atoms with van der Waals surface area (Å²) in [6, 6.07) is 0. The Hall–Kier alpha value is -1.92. The van der Waals surface area contributed by atoms with Crippen LogP contribution in [0.25, 0.3) is 0 Å². The van der Waals surface area contributed by atoms with E-state index in [4.69, 9.17) is 5.11 Å². The van der Waals surface area contributed by atoms with E-state index < -0.39 is 5.97 Å². The monoisotopic (exact) mass is 268 g/mol. The van der Waals surface area contributed by atoms with E-state index in [2.05, 4.69) is 15.6 Å². The highest BCUT2D eigenvalue weighted by Gasteiger charge is 2.25. The topological polar surface area (TPSA) is 97.1 Å². The second kappa shape index (κ2) is 6.31. The number of hydrogen-bond acceptors (Lipinski definition) is 4. The number of nitrogens with one attached hydrogen (secondary N) is 1. The second-order valence-corrected chi connectivity index (χ2v) is 4.50. The summed E-state index contributed by atoms with van der Waals surface area (Å²) >= 11 is 0. The smallest absolute Gasteiger partial charge is 0.358 e. The Morgan fingerprint density at radius 2 is 1.89 bits per heavy atom. The first-order valence-electron chi connectivity index (χ1n) is 6.40. The summed E-state index contributed by atoms with van der Waals surface area (Å²) in [4.78, 5) is 22.6. The summed E-state index contributed by atoms with van der Waals surface area (Å²) in [6.45, 7) is 6.07. The first-order chi connectivity index (χ1) is 8.96. The normalized spacial score (nSPS) is 11.3. The van der Waals surface area contributed by atoms with Gasteiger partial charge in [0.2, 0.25) is 5.91 Å². The van der Waals surface area contributed by atoms with Gasteiger partial charge in [-0.05, 0) is 19.3 Å². The number of aromatic nitrogens is 3. The van der Waals surface area contributed by atoms with Crippen molar-refractivity contribution < 1.29 is 14.7 Å². The van der Waals surface area contributed by atoms with Gasteiger partial charge in [-0.2, -0.15) is 0 Å². The molecular formula is C12H20N4O3. The van der Waals surface area contributed by atoms with Gasteiger partial charge in [-0.25, -0.2) is 9.48 Å². The van der Waals surface area contributed by atoms with E-state index in [1.807, 2.05) is 20.8 Å². The van der Waals surface area contributed by atoms with Crippen molar-refractivity contribution in [3.8, 4) is 0 Å². The van der Waals surface area contributed by atoms with Gasteiger partial charge in [0.1, 0.15) is 6.54 Å². The number of aromatic carboxylic acids is 1. The van der Waals surface area contributed by atoms with Crippen LogP contribution in [-0.4, -0.2) is 37.5 Å². The van der Waals surface area contributed by atoms with Crippen molar-refractivity contribution in [2.24, 2.45) is 0 Å². The van der Waals surface area contributed by atoms with Crippen LogP contribution < -0.4 is 5.32 Å². The van der Waals surface area contributed by atoms with Crippen molar-refractivity contribution in [1.29, 1.82) is 0 Å². The maximum atomic E-state index is 11.9. The number of carbonyl (C=O) groups is 2. The lowest BCUT2D eigenvalue weighted by Crippen LogP contribution is -2.48. The fourth-order valence-electron chi connectivity index (χ4n) is 1.97. The largest absolute Gasteiger partial charge is 0.476 e. The number of hydrogen-bond donors (Lipinski definition) is 2. The molecule has 1 amide bonds. The average Bonchev–Trinajstić information content (AvgIpc) is 2.84. The third-order valence-corrected chi connectivity index (χ3v) is 3.50. The molecule has 0 fully saturated rings. The molecule has 0 saturated carbocycles. The number of amides is 1. The molecule has 2 N–H and O–H groups in total. The molecule has 0 atom stereocenters. The van der Waals surface area contributed by atoms with Crippen LogP contribution in [0.15, 0.2) is 6.20 Å². The highest BCUT2D eigenvalue weighted by Crippen LogP contribution is 2.19. The van der Waals surface area contributed by atoms with Gasteiger partial charge in [-0.1, -0.05) is 26.0 Å². The van der Waals surface area contributed by atoms with Crippen molar-refractivity contribution >= 4 is 11.9 Å². The van der Waals surface area contributed by atoms with Crippen LogP contribution in [0.5, 0.6) is 0 Å². The van der Waals surface area contributed by atoms with E-state index in [9.17, 15) is 9.59 Å². The summed E-state index contributed by atoms with van der Waals surface area (Å²) in [7, 11) is 0. The van der Waals surface area contributed by atoms with Gasteiger partial charge in [0.25, 0.3) is 0 Å². The molecular weight excluding hydrogens is 248 g/mol. The van der Waals surface area contributed by atoms with Gasteiger partial charge in [-0.3, -0.25) is 4.79 Å². The summed E-state index contributed by atoms with van der Waals surface area (Å²) in [6.07, 6.45) is 3.80. The fourth-order valence-corrected chi connectivity index (χ4v) is 1.97. The lowest BCUT2D eigenvalue weighted by molar-refractivity contribution is -0.124. The Morgan fingerprint density at radius 3 is 2.32 bits per heavy atom. The maximum absolute atomic E-state index is 11.9. The summed E-state index contributed by atoms with van der Waals surface area (Å²) in [5, 5.41) is 18.8. The highest BCUT2D eigenvalue weighted by molar-refractivity contribution is 5.84. The Kier molecular flexibility index (Phi) is 5.02. The van der Waals surface area contributed by atoms with E-state index >= 15 is 0 Å². The quantitative estimate of drug-likeness (QED) is 0.770. The third-order valence-electron chi connectivity index (χ3n) is 3.50. The molecule has 7 nitrogen and oxygen atoms in total. The van der Waals surface area contributed by atoms with Crippen molar-refractivity contribution in [1.82, 2.24) is 20.3 Å². The van der Waals surface area contributed by atoms with E-state index in [1.165, 1.54) is 10.9 Å². The predicted molar refractivity (Wildman–Crippen MR) is 68.7 cm³/mol. The molecule has 0 aromatic carbocycles. The van der Waals surface area contributed by atoms with Gasteiger partial charge in [0.15, 0.2) is 5.69 Å². The molecule has 1 aromatic heterocycles. The average molecular weight is 268 g/mol. The zero-order valence-corrected chi connectivity index (χ0v) is 11.5. The standard InChI is InChI=1S/C12H20N4O3/c1-4-12(5-2,6-3)13-10(17)8-16-7-9(11(18)19)14-15-16/h7H,4-6,8H2,1-3H3,(H,13,17)(H,18,19). The molecule has 0 aliphatic carbocycles. The van der Waals surface area contributed by atoms with Crippen LogP contribution >= 0.6 is 0 Å². The van der Waals surface area contributed by atoms with E-state index in [0.717, 1.165) is 19.3 Å². The Bertz CT molecular complexity index is 443. The SMILES string of the molecule is CCC(CC)(CC)NC(=O)Cn1cc(C(=O)O)nn1. The Labute approximate surface area is 112 Å². The highest BCUT2D eigenvalue weighted by atomic mass is 16.4. The number of carboxylic acids is 1. The van der Waals surface area contributed by atoms with E-state index in [-0.39, 0.29) is 23.7 Å². The van der Waals surface area contributed by atoms with Crippen LogP contribution in [0.3, 0.4) is 0 Å². The Balaban J connectivity index is 2.66. The lowest BCUT2D eigenvalue weighted by atomic mass is 9.90. The van der Waals surface area contributed by atoms with Crippen molar-refractivity contribution in [3.05, 3.63) is 11.9 Å². The zero-order valence-electron chi connectivity index (χ0n) is 11.5. The van der Waals surface area contributed by atoms with Gasteiger partial charge >= 0.3 is 5.97 Å². The second-order valence-electron chi connectivity index (χ2n) is 4.50. The minimum absolute atomic E-state index is 0.0258. The minimum Gasteiger partial charge on any atom is -0.476 e. The van der Waals surface area contributed by atoms with Crippen molar-refractivity contribution in [2.45, 2.75) is 52.1 Å². The van der Waals surface area contributed by atoms with Gasteiger partial charge in [-0.15, -0.1) is 5.10 Å². The van der Waals surface area contributed by atoms with E-state index in [0.29, 0.717) is 0 Å². The first-order valence-corrected chi connectivity index (χ1v) is 6.40. The molecule has 0 aliphatic rings. The number of nitrogens with zero attached hydrogens (tertiary/aromatic N) is 3. The summed E-state index contributed by atoms with van der Waals surface area (Å²) < 4.78 is 1.23. The molecule has 19 heavy (non-hydrogen) atoms. The van der Waals surface area contributed by atoms with Crippen molar-refractivity contribution in [2.75, 3.05) is 0 Å². The summed E-state index contributed by atoms with van der Waals surface area (Å²) in [5.74, 6) is -1.34. The van der Waals surface area contributed by atoms with Crippen molar-refractivity contribution in [3.63, 3.8) is 0 Å². The molecule has 1 heterocycles. The number of carbonyl (C=O) groups excluding carboxylic acids is 1. The lowest BCUT2D eigenvalue weighted by Gasteiger charge is -2.31. The minimum atomic E-state index is -1.16. The van der Waals surface area contributed by atoms with Crippen LogP contribution in [0.1, 0.15) is 50.5 Å². The predicted octanol–water partition coefficient (Wildman–Crippen LogP) is 1.06. The van der Waals surface area contributed by atoms with Crippen LogP contribution in [0, 0.1) is 0 Å². The van der Waals surface area contributed by atoms with Crippen LogP contribution in [0.4, 0.5) is 0 Å². The molecule has 106 valence electrons. The molecule has 0 unspecified atom stereocenters.